The van der Waals surface area contributed by atoms with Crippen LogP contribution in [0.25, 0.3) is 11.1 Å². The topological polar surface area (TPSA) is 36.7 Å². The van der Waals surface area contributed by atoms with Gasteiger partial charge >= 0.3 is 0 Å². The fourth-order valence-corrected chi connectivity index (χ4v) is 2.37. The van der Waals surface area contributed by atoms with Gasteiger partial charge in [-0.15, -0.1) is 17.0 Å². The summed E-state index contributed by atoms with van der Waals surface area (Å²) in [5.41, 5.74) is 4.13. The van der Waals surface area contributed by atoms with Crippen molar-refractivity contribution >= 4 is 17.0 Å². The lowest BCUT2D eigenvalue weighted by Gasteiger charge is -2.05. The number of hydrogen-bond donors (Lipinski definition) is 0. The zero-order chi connectivity index (χ0) is 16.9. The molecule has 0 fully saturated rings. The van der Waals surface area contributed by atoms with Crippen LogP contribution in [-0.4, -0.2) is 4.98 Å². The van der Waals surface area contributed by atoms with Crippen molar-refractivity contribution in [3.63, 3.8) is 0 Å². The van der Waals surface area contributed by atoms with E-state index in [-0.39, 0.29) is 22.8 Å². The molecule has 1 aromatic heterocycles. The molecular weight excluding hydrogens is 379 g/mol. The van der Waals surface area contributed by atoms with Gasteiger partial charge in [-0.2, -0.15) is 5.26 Å². The molecule has 0 saturated heterocycles. The van der Waals surface area contributed by atoms with Crippen molar-refractivity contribution < 1.29 is 4.39 Å². The van der Waals surface area contributed by atoms with Crippen molar-refractivity contribution in [3.8, 4) is 29.0 Å². The molecule has 0 bridgehead atoms. The molecule has 0 spiro atoms. The smallest absolute Gasteiger partial charge is 0.123 e. The predicted octanol–water partition coefficient (Wildman–Crippen LogP) is 5.05. The second-order valence-corrected chi connectivity index (χ2v) is 5.30. The highest BCUT2D eigenvalue weighted by molar-refractivity contribution is 8.93. The van der Waals surface area contributed by atoms with Crippen LogP contribution in [0.5, 0.6) is 0 Å². The highest BCUT2D eigenvalue weighted by Gasteiger charge is 2.06. The first kappa shape index (κ1) is 18.4. The largest absolute Gasteiger partial charge is 0.245 e. The molecule has 0 aliphatic heterocycles. The van der Waals surface area contributed by atoms with Gasteiger partial charge in [-0.1, -0.05) is 30.2 Å². The van der Waals surface area contributed by atoms with E-state index in [9.17, 15) is 9.65 Å². The average molecular weight is 393 g/mol. The number of hydrogen-bond acceptors (Lipinski definition) is 2. The summed E-state index contributed by atoms with van der Waals surface area (Å²) in [6.07, 6.45) is 0. The van der Waals surface area contributed by atoms with Crippen LogP contribution >= 0.6 is 17.0 Å². The van der Waals surface area contributed by atoms with E-state index in [0.717, 1.165) is 11.3 Å². The van der Waals surface area contributed by atoms with Crippen molar-refractivity contribution in [1.82, 2.24) is 4.98 Å². The Morgan fingerprint density at radius 3 is 2.48 bits per heavy atom. The standard InChI is InChI=1S/C21H13FN2.BrH/c1-15-4-2-7-20(24-15)10-8-16-9-11-21(18(12-16)14-23)17-5-3-6-19(22)13-17;/h2-7,9,11-13H,1H3;1H. The van der Waals surface area contributed by atoms with Crippen LogP contribution in [0.1, 0.15) is 22.5 Å². The number of aryl methyl sites for hydroxylation is 1. The van der Waals surface area contributed by atoms with E-state index in [2.05, 4.69) is 22.9 Å². The lowest BCUT2D eigenvalue weighted by molar-refractivity contribution is 0.628. The Labute approximate surface area is 156 Å². The molecule has 2 nitrogen and oxygen atoms in total. The zero-order valence-electron chi connectivity index (χ0n) is 13.5. The second kappa shape index (κ2) is 8.24. The number of nitriles is 1. The SMILES string of the molecule is Br.Cc1cccc(C#Cc2ccc(-c3cccc(F)c3)c(C#N)c2)n1. The summed E-state index contributed by atoms with van der Waals surface area (Å²) in [6, 6.07) is 19.3. The van der Waals surface area contributed by atoms with Crippen molar-refractivity contribution in [2.75, 3.05) is 0 Å². The predicted molar refractivity (Wildman–Crippen MR) is 102 cm³/mol. The van der Waals surface area contributed by atoms with E-state index in [1.54, 1.807) is 24.3 Å². The van der Waals surface area contributed by atoms with E-state index in [1.165, 1.54) is 12.1 Å². The third-order valence-electron chi connectivity index (χ3n) is 3.50. The average Bonchev–Trinajstić information content (AvgIpc) is 2.60. The molecule has 0 saturated carbocycles. The lowest BCUT2D eigenvalue weighted by Crippen LogP contribution is -1.88. The van der Waals surface area contributed by atoms with Gasteiger partial charge in [-0.05, 0) is 60.4 Å². The fraction of sp³-hybridized carbons (Fsp3) is 0.0476. The van der Waals surface area contributed by atoms with Gasteiger partial charge in [-0.25, -0.2) is 9.37 Å². The maximum atomic E-state index is 13.4. The lowest BCUT2D eigenvalue weighted by atomic mass is 9.98. The molecular formula is C21H14BrFN2. The minimum absolute atomic E-state index is 0. The van der Waals surface area contributed by atoms with Crippen LogP contribution in [0.3, 0.4) is 0 Å². The van der Waals surface area contributed by atoms with Gasteiger partial charge in [0.25, 0.3) is 0 Å². The number of halogens is 2. The van der Waals surface area contributed by atoms with Crippen LogP contribution in [-0.2, 0) is 0 Å². The van der Waals surface area contributed by atoms with Gasteiger partial charge in [0, 0.05) is 11.3 Å². The fourth-order valence-electron chi connectivity index (χ4n) is 2.37. The van der Waals surface area contributed by atoms with Crippen molar-refractivity contribution in [2.24, 2.45) is 0 Å². The third kappa shape index (κ3) is 4.53. The molecule has 0 aliphatic carbocycles. The Hall–Kier alpha value is -2.95. The first-order chi connectivity index (χ1) is 11.7. The summed E-state index contributed by atoms with van der Waals surface area (Å²) in [5, 5.41) is 9.39. The third-order valence-corrected chi connectivity index (χ3v) is 3.50. The molecule has 0 aliphatic rings. The van der Waals surface area contributed by atoms with Gasteiger partial charge < -0.3 is 0 Å². The van der Waals surface area contributed by atoms with E-state index in [1.807, 2.05) is 31.2 Å². The van der Waals surface area contributed by atoms with Crippen LogP contribution in [0.2, 0.25) is 0 Å². The molecule has 2 aromatic carbocycles. The number of aromatic nitrogens is 1. The van der Waals surface area contributed by atoms with Gasteiger partial charge in [0.1, 0.15) is 11.5 Å². The minimum atomic E-state index is -0.328. The number of rotatable bonds is 1. The molecule has 0 unspecified atom stereocenters. The number of nitrogens with zero attached hydrogens (tertiary/aromatic N) is 2. The van der Waals surface area contributed by atoms with Gasteiger partial charge in [0.05, 0.1) is 11.6 Å². The molecule has 3 aromatic rings. The Balaban J connectivity index is 0.00000225. The Kier molecular flexibility index (Phi) is 6.06. The van der Waals surface area contributed by atoms with Gasteiger partial charge in [0.2, 0.25) is 0 Å². The summed E-state index contributed by atoms with van der Waals surface area (Å²) in [4.78, 5) is 4.33. The maximum Gasteiger partial charge on any atom is 0.123 e. The second-order valence-electron chi connectivity index (χ2n) is 5.30. The van der Waals surface area contributed by atoms with Crippen LogP contribution in [0.15, 0.2) is 60.7 Å². The van der Waals surface area contributed by atoms with Crippen molar-refractivity contribution in [1.29, 1.82) is 5.26 Å². The quantitative estimate of drug-likeness (QED) is 0.543. The molecule has 3 rings (SSSR count). The Bertz CT molecular complexity index is 1010. The van der Waals surface area contributed by atoms with Crippen LogP contribution in [0, 0.1) is 35.9 Å². The van der Waals surface area contributed by atoms with Crippen LogP contribution in [0.4, 0.5) is 4.39 Å². The summed E-state index contributed by atoms with van der Waals surface area (Å²) in [6.45, 7) is 1.91. The summed E-state index contributed by atoms with van der Waals surface area (Å²) in [5.74, 6) is 5.68. The Morgan fingerprint density at radius 2 is 1.76 bits per heavy atom. The molecule has 0 radical (unpaired) electrons. The van der Waals surface area contributed by atoms with E-state index in [0.29, 0.717) is 22.4 Å². The van der Waals surface area contributed by atoms with Crippen molar-refractivity contribution in [3.05, 3.63) is 89.0 Å². The molecule has 0 amide bonds. The zero-order valence-corrected chi connectivity index (χ0v) is 15.2. The van der Waals surface area contributed by atoms with E-state index < -0.39 is 0 Å². The summed E-state index contributed by atoms with van der Waals surface area (Å²) in [7, 11) is 0. The number of pyridine rings is 1. The highest BCUT2D eigenvalue weighted by atomic mass is 79.9. The maximum absolute atomic E-state index is 13.4. The molecule has 25 heavy (non-hydrogen) atoms. The van der Waals surface area contributed by atoms with E-state index in [4.69, 9.17) is 0 Å². The molecule has 1 heterocycles. The van der Waals surface area contributed by atoms with Gasteiger partial charge in [-0.3, -0.25) is 0 Å². The monoisotopic (exact) mass is 392 g/mol. The van der Waals surface area contributed by atoms with Gasteiger partial charge in [0.15, 0.2) is 0 Å². The van der Waals surface area contributed by atoms with Crippen molar-refractivity contribution in [2.45, 2.75) is 6.92 Å². The molecule has 0 N–H and O–H groups in total. The summed E-state index contributed by atoms with van der Waals surface area (Å²) >= 11 is 0. The normalized spacial score (nSPS) is 9.32. The first-order valence-corrected chi connectivity index (χ1v) is 7.41. The number of benzene rings is 2. The van der Waals surface area contributed by atoms with E-state index >= 15 is 0 Å². The molecule has 0 atom stereocenters. The highest BCUT2D eigenvalue weighted by Crippen LogP contribution is 2.24. The minimum Gasteiger partial charge on any atom is -0.245 e. The van der Waals surface area contributed by atoms with Crippen LogP contribution < -0.4 is 0 Å². The first-order valence-electron chi connectivity index (χ1n) is 7.41. The molecule has 4 heteroatoms. The molecule has 122 valence electrons. The Morgan fingerprint density at radius 1 is 0.960 bits per heavy atom. The summed E-state index contributed by atoms with van der Waals surface area (Å²) < 4.78 is 13.4.